The first-order chi connectivity index (χ1) is 9.52. The minimum Gasteiger partial charge on any atom is -0.395 e. The summed E-state index contributed by atoms with van der Waals surface area (Å²) in [6.07, 6.45) is 3.05. The molecule has 0 fully saturated rings. The Kier molecular flexibility index (Phi) is 4.65. The number of aliphatic hydroxyl groups is 1. The third-order valence-electron chi connectivity index (χ3n) is 2.77. The molecule has 1 heterocycles. The molecule has 20 heavy (non-hydrogen) atoms. The fraction of sp³-hybridized carbons (Fsp3) is 0.231. The molecule has 0 aliphatic rings. The number of benzene rings is 1. The zero-order valence-corrected chi connectivity index (χ0v) is 12.3. The van der Waals surface area contributed by atoms with Gasteiger partial charge in [0.25, 0.3) is 5.91 Å². The Balaban J connectivity index is 2.27. The summed E-state index contributed by atoms with van der Waals surface area (Å²) in [7, 11) is 1.62. The summed E-state index contributed by atoms with van der Waals surface area (Å²) in [6.45, 7) is 0.186. The number of halogens is 2. The number of amides is 1. The van der Waals surface area contributed by atoms with Gasteiger partial charge in [0.05, 0.1) is 29.1 Å². The lowest BCUT2D eigenvalue weighted by Gasteiger charge is -2.13. The van der Waals surface area contributed by atoms with Gasteiger partial charge in [-0.3, -0.25) is 4.79 Å². The van der Waals surface area contributed by atoms with Crippen LogP contribution in [0.3, 0.4) is 0 Å². The predicted molar refractivity (Wildman–Crippen MR) is 77.6 cm³/mol. The van der Waals surface area contributed by atoms with Crippen LogP contribution < -0.4 is 0 Å². The molecule has 106 valence electrons. The molecule has 0 bridgehead atoms. The maximum atomic E-state index is 12.0. The van der Waals surface area contributed by atoms with Crippen LogP contribution in [0.25, 0.3) is 5.69 Å². The average molecular weight is 314 g/mol. The van der Waals surface area contributed by atoms with Gasteiger partial charge in [0.15, 0.2) is 0 Å². The third-order valence-corrected chi connectivity index (χ3v) is 3.31. The molecule has 0 aliphatic heterocycles. The quantitative estimate of drug-likeness (QED) is 0.941. The lowest BCUT2D eigenvalue weighted by atomic mass is 10.3. The molecule has 5 nitrogen and oxygen atoms in total. The van der Waals surface area contributed by atoms with Crippen molar-refractivity contribution >= 4 is 29.1 Å². The monoisotopic (exact) mass is 313 g/mol. The van der Waals surface area contributed by atoms with E-state index in [-0.39, 0.29) is 19.1 Å². The van der Waals surface area contributed by atoms with E-state index >= 15 is 0 Å². The van der Waals surface area contributed by atoms with E-state index in [2.05, 4.69) is 5.10 Å². The van der Waals surface area contributed by atoms with Crippen molar-refractivity contribution in [1.82, 2.24) is 14.7 Å². The summed E-state index contributed by atoms with van der Waals surface area (Å²) in [6, 6.07) is 5.03. The molecule has 0 atom stereocenters. The number of aliphatic hydroxyl groups excluding tert-OH is 1. The highest BCUT2D eigenvalue weighted by Gasteiger charge is 2.14. The molecule has 7 heteroatoms. The fourth-order valence-corrected chi connectivity index (χ4v) is 2.20. The van der Waals surface area contributed by atoms with Crippen molar-refractivity contribution in [2.45, 2.75) is 0 Å². The number of rotatable bonds is 4. The molecule has 0 saturated carbocycles. The smallest absolute Gasteiger partial charge is 0.256 e. The minimum absolute atomic E-state index is 0.0839. The Morgan fingerprint density at radius 3 is 2.85 bits per heavy atom. The number of likely N-dealkylation sites (N-methyl/N-ethyl adjacent to an activating group) is 1. The van der Waals surface area contributed by atoms with Gasteiger partial charge in [0.2, 0.25) is 0 Å². The van der Waals surface area contributed by atoms with Crippen molar-refractivity contribution in [1.29, 1.82) is 0 Å². The zero-order chi connectivity index (χ0) is 14.7. The van der Waals surface area contributed by atoms with E-state index in [1.54, 1.807) is 31.4 Å². The van der Waals surface area contributed by atoms with Crippen LogP contribution in [0.15, 0.2) is 30.6 Å². The van der Waals surface area contributed by atoms with E-state index in [1.807, 2.05) is 0 Å². The van der Waals surface area contributed by atoms with E-state index < -0.39 is 0 Å². The topological polar surface area (TPSA) is 58.4 Å². The van der Waals surface area contributed by atoms with Gasteiger partial charge in [0, 0.05) is 24.8 Å². The third kappa shape index (κ3) is 3.12. The summed E-state index contributed by atoms with van der Waals surface area (Å²) in [4.78, 5) is 13.4. The molecule has 0 saturated heterocycles. The molecular formula is C13H13Cl2N3O2. The first kappa shape index (κ1) is 14.8. The molecule has 2 aromatic rings. The molecule has 1 aromatic heterocycles. The summed E-state index contributed by atoms with van der Waals surface area (Å²) in [5.74, 6) is -0.213. The minimum atomic E-state index is -0.213. The summed E-state index contributed by atoms with van der Waals surface area (Å²) >= 11 is 11.9. The second kappa shape index (κ2) is 6.26. The van der Waals surface area contributed by atoms with Crippen LogP contribution in [0.4, 0.5) is 0 Å². The van der Waals surface area contributed by atoms with Crippen LogP contribution in [-0.4, -0.2) is 45.9 Å². The molecule has 0 unspecified atom stereocenters. The molecule has 2 rings (SSSR count). The summed E-state index contributed by atoms with van der Waals surface area (Å²) in [5.41, 5.74) is 1.06. The largest absolute Gasteiger partial charge is 0.395 e. The van der Waals surface area contributed by atoms with E-state index in [0.29, 0.717) is 21.3 Å². The van der Waals surface area contributed by atoms with Gasteiger partial charge in [-0.05, 0) is 18.2 Å². The number of carbonyl (C=O) groups excluding carboxylic acids is 1. The fourth-order valence-electron chi connectivity index (χ4n) is 1.70. The Labute approximate surface area is 126 Å². The maximum Gasteiger partial charge on any atom is 0.256 e. The predicted octanol–water partition coefficient (Wildman–Crippen LogP) is 2.24. The Hall–Kier alpha value is -1.56. The second-order valence-electron chi connectivity index (χ2n) is 4.22. The molecule has 1 aromatic carbocycles. The second-order valence-corrected chi connectivity index (χ2v) is 5.06. The van der Waals surface area contributed by atoms with Gasteiger partial charge < -0.3 is 10.0 Å². The Morgan fingerprint density at radius 2 is 2.20 bits per heavy atom. The van der Waals surface area contributed by atoms with Gasteiger partial charge >= 0.3 is 0 Å². The van der Waals surface area contributed by atoms with Crippen molar-refractivity contribution < 1.29 is 9.90 Å². The molecule has 0 aliphatic carbocycles. The summed E-state index contributed by atoms with van der Waals surface area (Å²) < 4.78 is 1.51. The lowest BCUT2D eigenvalue weighted by molar-refractivity contribution is 0.0767. The van der Waals surface area contributed by atoms with Gasteiger partial charge in [-0.25, -0.2) is 4.68 Å². The number of hydrogen-bond donors (Lipinski definition) is 1. The molecule has 0 radical (unpaired) electrons. The van der Waals surface area contributed by atoms with E-state index in [9.17, 15) is 4.79 Å². The first-order valence-corrected chi connectivity index (χ1v) is 6.65. The van der Waals surface area contributed by atoms with Gasteiger partial charge in [-0.2, -0.15) is 5.10 Å². The number of hydrogen-bond acceptors (Lipinski definition) is 3. The van der Waals surface area contributed by atoms with Crippen LogP contribution >= 0.6 is 23.2 Å². The van der Waals surface area contributed by atoms with Crippen molar-refractivity contribution in [2.75, 3.05) is 20.2 Å². The molecule has 0 spiro atoms. The average Bonchev–Trinajstić information content (AvgIpc) is 2.87. The molecule has 1 N–H and O–H groups in total. The van der Waals surface area contributed by atoms with Crippen LogP contribution in [0, 0.1) is 0 Å². The highest BCUT2D eigenvalue weighted by Crippen LogP contribution is 2.24. The van der Waals surface area contributed by atoms with Crippen LogP contribution in [0.1, 0.15) is 10.4 Å². The number of aromatic nitrogens is 2. The van der Waals surface area contributed by atoms with E-state index in [1.165, 1.54) is 15.8 Å². The Morgan fingerprint density at radius 1 is 1.45 bits per heavy atom. The number of nitrogens with zero attached hydrogens (tertiary/aromatic N) is 3. The Bertz CT molecular complexity index is 628. The highest BCUT2D eigenvalue weighted by atomic mass is 35.5. The first-order valence-electron chi connectivity index (χ1n) is 5.89. The molecule has 1 amide bonds. The maximum absolute atomic E-state index is 12.0. The standard InChI is InChI=1S/C13H13Cl2N3O2/c1-17(4-5-19)13(20)9-7-16-18(8-9)12-3-2-10(14)6-11(12)15/h2-3,6-8,19H,4-5H2,1H3. The highest BCUT2D eigenvalue weighted by molar-refractivity contribution is 6.35. The van der Waals surface area contributed by atoms with Crippen LogP contribution in [-0.2, 0) is 0 Å². The van der Waals surface area contributed by atoms with Gasteiger partial charge in [0.1, 0.15) is 0 Å². The van der Waals surface area contributed by atoms with E-state index in [0.717, 1.165) is 0 Å². The van der Waals surface area contributed by atoms with Gasteiger partial charge in [-0.1, -0.05) is 23.2 Å². The van der Waals surface area contributed by atoms with Crippen molar-refractivity contribution in [3.05, 3.63) is 46.2 Å². The number of carbonyl (C=O) groups is 1. The zero-order valence-electron chi connectivity index (χ0n) is 10.8. The van der Waals surface area contributed by atoms with Crippen LogP contribution in [0.2, 0.25) is 10.0 Å². The van der Waals surface area contributed by atoms with Crippen molar-refractivity contribution in [3.63, 3.8) is 0 Å². The van der Waals surface area contributed by atoms with Crippen molar-refractivity contribution in [3.8, 4) is 5.69 Å². The van der Waals surface area contributed by atoms with Gasteiger partial charge in [-0.15, -0.1) is 0 Å². The SMILES string of the molecule is CN(CCO)C(=O)c1cnn(-c2ccc(Cl)cc2Cl)c1. The normalized spacial score (nSPS) is 10.6. The molecular weight excluding hydrogens is 301 g/mol. The van der Waals surface area contributed by atoms with E-state index in [4.69, 9.17) is 28.3 Å². The van der Waals surface area contributed by atoms with Crippen molar-refractivity contribution in [2.24, 2.45) is 0 Å². The lowest BCUT2D eigenvalue weighted by Crippen LogP contribution is -2.29. The van der Waals surface area contributed by atoms with Crippen LogP contribution in [0.5, 0.6) is 0 Å². The summed E-state index contributed by atoms with van der Waals surface area (Å²) in [5, 5.41) is 13.9.